The van der Waals surface area contributed by atoms with Gasteiger partial charge in [-0.2, -0.15) is 0 Å². The first-order valence-electron chi connectivity index (χ1n) is 5.88. The summed E-state index contributed by atoms with van der Waals surface area (Å²) in [4.78, 5) is 1.38. The minimum absolute atomic E-state index is 0.379. The molecule has 0 atom stereocenters. The van der Waals surface area contributed by atoms with Crippen LogP contribution in [0.5, 0.6) is 0 Å². The molecule has 0 radical (unpaired) electrons. The third-order valence-electron chi connectivity index (χ3n) is 3.57. The van der Waals surface area contributed by atoms with Crippen molar-refractivity contribution >= 4 is 27.3 Å². The van der Waals surface area contributed by atoms with E-state index in [9.17, 15) is 0 Å². The van der Waals surface area contributed by atoms with Crippen LogP contribution in [0.4, 0.5) is 0 Å². The maximum Gasteiger partial charge on any atom is 0.0327 e. The summed E-state index contributed by atoms with van der Waals surface area (Å²) in [5, 5.41) is 5.68. The van der Waals surface area contributed by atoms with Gasteiger partial charge in [-0.1, -0.05) is 12.8 Å². The van der Waals surface area contributed by atoms with Crippen molar-refractivity contribution in [3.63, 3.8) is 0 Å². The summed E-state index contributed by atoms with van der Waals surface area (Å²) in [6.07, 6.45) is 5.29. The van der Waals surface area contributed by atoms with Gasteiger partial charge in [0.25, 0.3) is 0 Å². The van der Waals surface area contributed by atoms with E-state index in [4.69, 9.17) is 5.73 Å². The second-order valence-corrected chi connectivity index (χ2v) is 6.56. The zero-order valence-corrected chi connectivity index (χ0v) is 11.9. The van der Waals surface area contributed by atoms with Gasteiger partial charge in [-0.05, 0) is 52.2 Å². The fraction of sp³-hybridized carbons (Fsp3) is 0.667. The normalized spacial score (nSPS) is 19.1. The molecule has 0 saturated heterocycles. The van der Waals surface area contributed by atoms with Gasteiger partial charge < -0.3 is 11.1 Å². The Labute approximate surface area is 110 Å². The van der Waals surface area contributed by atoms with Crippen LogP contribution in [-0.2, 0) is 6.54 Å². The van der Waals surface area contributed by atoms with Crippen molar-refractivity contribution < 1.29 is 0 Å². The van der Waals surface area contributed by atoms with Crippen molar-refractivity contribution in [3.05, 3.63) is 20.8 Å². The lowest BCUT2D eigenvalue weighted by Gasteiger charge is -2.27. The van der Waals surface area contributed by atoms with Crippen LogP contribution < -0.4 is 11.1 Å². The second kappa shape index (κ2) is 5.63. The van der Waals surface area contributed by atoms with Crippen molar-refractivity contribution in [2.45, 2.75) is 32.2 Å². The molecule has 3 N–H and O–H groups in total. The SMILES string of the molecule is NCC1(CNCc2sccc2Br)CCCC1. The van der Waals surface area contributed by atoms with E-state index in [0.717, 1.165) is 19.6 Å². The first-order chi connectivity index (χ1) is 7.76. The Kier molecular flexibility index (Phi) is 4.41. The quantitative estimate of drug-likeness (QED) is 0.877. The minimum Gasteiger partial charge on any atom is -0.330 e. The fourth-order valence-corrected chi connectivity index (χ4v) is 3.93. The van der Waals surface area contributed by atoms with Gasteiger partial charge in [0.1, 0.15) is 0 Å². The molecule has 1 fully saturated rings. The standard InChI is InChI=1S/C12H19BrN2S/c13-10-3-6-16-11(10)7-15-9-12(8-14)4-1-2-5-12/h3,6,15H,1-2,4-5,7-9,14H2. The first-order valence-corrected chi connectivity index (χ1v) is 7.56. The van der Waals surface area contributed by atoms with Crippen LogP contribution >= 0.6 is 27.3 Å². The third-order valence-corrected chi connectivity index (χ3v) is 5.50. The van der Waals surface area contributed by atoms with Gasteiger partial charge >= 0.3 is 0 Å². The molecular formula is C12H19BrN2S. The minimum atomic E-state index is 0.379. The predicted octanol–water partition coefficient (Wildman–Crippen LogP) is 3.12. The maximum atomic E-state index is 5.91. The molecule has 16 heavy (non-hydrogen) atoms. The Balaban J connectivity index is 1.81. The molecule has 4 heteroatoms. The molecule has 1 heterocycles. The molecule has 0 spiro atoms. The summed E-state index contributed by atoms with van der Waals surface area (Å²) in [6, 6.07) is 2.11. The zero-order chi connectivity index (χ0) is 11.4. The lowest BCUT2D eigenvalue weighted by Crippen LogP contribution is -2.37. The lowest BCUT2D eigenvalue weighted by atomic mass is 9.86. The number of hydrogen-bond donors (Lipinski definition) is 2. The number of hydrogen-bond acceptors (Lipinski definition) is 3. The number of nitrogens with two attached hydrogens (primary N) is 1. The van der Waals surface area contributed by atoms with E-state index in [2.05, 4.69) is 32.7 Å². The molecule has 0 aromatic carbocycles. The molecule has 1 aliphatic rings. The van der Waals surface area contributed by atoms with Gasteiger partial charge in [0, 0.05) is 22.4 Å². The molecule has 2 nitrogen and oxygen atoms in total. The predicted molar refractivity (Wildman–Crippen MR) is 73.7 cm³/mol. The highest BCUT2D eigenvalue weighted by Crippen LogP contribution is 2.36. The first kappa shape index (κ1) is 12.6. The van der Waals surface area contributed by atoms with Crippen LogP contribution in [0.1, 0.15) is 30.6 Å². The Bertz CT molecular complexity index is 332. The maximum absolute atomic E-state index is 5.91. The molecule has 1 aliphatic carbocycles. The van der Waals surface area contributed by atoms with E-state index in [1.165, 1.54) is 35.0 Å². The molecule has 0 bridgehead atoms. The van der Waals surface area contributed by atoms with Gasteiger partial charge in [-0.25, -0.2) is 0 Å². The highest BCUT2D eigenvalue weighted by atomic mass is 79.9. The van der Waals surface area contributed by atoms with Gasteiger partial charge in [-0.3, -0.25) is 0 Å². The lowest BCUT2D eigenvalue weighted by molar-refractivity contribution is 0.290. The molecule has 0 aliphatic heterocycles. The second-order valence-electron chi connectivity index (χ2n) is 4.71. The highest BCUT2D eigenvalue weighted by molar-refractivity contribution is 9.10. The van der Waals surface area contributed by atoms with E-state index in [1.807, 2.05) is 0 Å². The van der Waals surface area contributed by atoms with E-state index in [1.54, 1.807) is 11.3 Å². The largest absolute Gasteiger partial charge is 0.330 e. The highest BCUT2D eigenvalue weighted by Gasteiger charge is 2.31. The van der Waals surface area contributed by atoms with Gasteiger partial charge in [0.05, 0.1) is 0 Å². The number of nitrogens with one attached hydrogen (secondary N) is 1. The Morgan fingerprint density at radius 1 is 1.44 bits per heavy atom. The smallest absolute Gasteiger partial charge is 0.0327 e. The third kappa shape index (κ3) is 2.86. The van der Waals surface area contributed by atoms with E-state index in [-0.39, 0.29) is 0 Å². The molecular weight excluding hydrogens is 284 g/mol. The molecule has 0 amide bonds. The molecule has 0 unspecified atom stereocenters. The van der Waals surface area contributed by atoms with E-state index < -0.39 is 0 Å². The van der Waals surface area contributed by atoms with Crippen molar-refractivity contribution in [2.75, 3.05) is 13.1 Å². The van der Waals surface area contributed by atoms with Crippen LogP contribution in [0.25, 0.3) is 0 Å². The van der Waals surface area contributed by atoms with Gasteiger partial charge in [-0.15, -0.1) is 11.3 Å². The number of thiophene rings is 1. The summed E-state index contributed by atoms with van der Waals surface area (Å²) in [5.74, 6) is 0. The average molecular weight is 303 g/mol. The average Bonchev–Trinajstić information content (AvgIpc) is 2.90. The summed E-state index contributed by atoms with van der Waals surface area (Å²) in [7, 11) is 0. The van der Waals surface area contributed by atoms with Crippen molar-refractivity contribution in [3.8, 4) is 0 Å². The van der Waals surface area contributed by atoms with E-state index >= 15 is 0 Å². The molecule has 1 saturated carbocycles. The van der Waals surface area contributed by atoms with Crippen molar-refractivity contribution in [1.29, 1.82) is 0 Å². The van der Waals surface area contributed by atoms with Gasteiger partial charge in [0.15, 0.2) is 0 Å². The Hall–Kier alpha value is 0.100. The van der Waals surface area contributed by atoms with Gasteiger partial charge in [0.2, 0.25) is 0 Å². The van der Waals surface area contributed by atoms with Crippen LogP contribution in [0.2, 0.25) is 0 Å². The summed E-state index contributed by atoms with van der Waals surface area (Å²) < 4.78 is 1.22. The molecule has 90 valence electrons. The Morgan fingerprint density at radius 3 is 2.75 bits per heavy atom. The molecule has 2 rings (SSSR count). The van der Waals surface area contributed by atoms with Crippen LogP contribution in [0, 0.1) is 5.41 Å². The summed E-state index contributed by atoms with van der Waals surface area (Å²) in [5.41, 5.74) is 6.29. The van der Waals surface area contributed by atoms with Crippen LogP contribution in [-0.4, -0.2) is 13.1 Å². The summed E-state index contributed by atoms with van der Waals surface area (Å²) >= 11 is 5.35. The fourth-order valence-electron chi connectivity index (χ4n) is 2.47. The Morgan fingerprint density at radius 2 is 2.19 bits per heavy atom. The molecule has 1 aromatic rings. The van der Waals surface area contributed by atoms with Crippen LogP contribution in [0.15, 0.2) is 15.9 Å². The topological polar surface area (TPSA) is 38.0 Å². The summed E-state index contributed by atoms with van der Waals surface area (Å²) in [6.45, 7) is 2.85. The number of rotatable bonds is 5. The van der Waals surface area contributed by atoms with Crippen molar-refractivity contribution in [1.82, 2.24) is 5.32 Å². The number of halogens is 1. The van der Waals surface area contributed by atoms with Crippen molar-refractivity contribution in [2.24, 2.45) is 11.1 Å². The zero-order valence-electron chi connectivity index (χ0n) is 9.47. The van der Waals surface area contributed by atoms with E-state index in [0.29, 0.717) is 5.41 Å². The monoisotopic (exact) mass is 302 g/mol. The molecule has 1 aromatic heterocycles. The van der Waals surface area contributed by atoms with Crippen LogP contribution in [0.3, 0.4) is 0 Å².